The molecule has 2 aliphatic rings. The molecule has 0 aliphatic carbocycles. The van der Waals surface area contributed by atoms with E-state index in [1.165, 1.54) is 6.92 Å². The predicted octanol–water partition coefficient (Wildman–Crippen LogP) is 1.28. The maximum atomic E-state index is 12.8. The van der Waals surface area contributed by atoms with Gasteiger partial charge in [0.1, 0.15) is 6.04 Å². The van der Waals surface area contributed by atoms with Crippen LogP contribution >= 0.6 is 11.8 Å². The molecule has 7 heteroatoms. The number of carbonyl (C=O) groups excluding carboxylic acids is 2. The van der Waals surface area contributed by atoms with E-state index in [2.05, 4.69) is 5.10 Å². The molecule has 0 spiro atoms. The molecule has 22 heavy (non-hydrogen) atoms. The Labute approximate surface area is 134 Å². The topological polar surface area (TPSA) is 58.4 Å². The Kier molecular flexibility index (Phi) is 4.42. The highest BCUT2D eigenvalue weighted by molar-refractivity contribution is 7.99. The van der Waals surface area contributed by atoms with Crippen LogP contribution in [0.25, 0.3) is 0 Å². The second-order valence-electron chi connectivity index (χ2n) is 6.08. The van der Waals surface area contributed by atoms with Crippen LogP contribution < -0.4 is 0 Å². The Bertz CT molecular complexity index is 574. The quantitative estimate of drug-likeness (QED) is 0.823. The lowest BCUT2D eigenvalue weighted by atomic mass is 10.0. The van der Waals surface area contributed by atoms with Crippen LogP contribution in [0.15, 0.2) is 12.4 Å². The molecule has 0 radical (unpaired) electrons. The van der Waals surface area contributed by atoms with Gasteiger partial charge < -0.3 is 9.80 Å². The van der Waals surface area contributed by atoms with Crippen LogP contribution in [0.3, 0.4) is 0 Å². The summed E-state index contributed by atoms with van der Waals surface area (Å²) in [5.41, 5.74) is 1.14. The molecule has 3 rings (SSSR count). The van der Waals surface area contributed by atoms with Gasteiger partial charge in [-0.05, 0) is 25.3 Å². The molecule has 2 amide bonds. The van der Waals surface area contributed by atoms with E-state index >= 15 is 0 Å². The second-order valence-corrected chi connectivity index (χ2v) is 7.08. The largest absolute Gasteiger partial charge is 0.339 e. The number of thioether (sulfide) groups is 1. The molecule has 1 aromatic rings. The van der Waals surface area contributed by atoms with Crippen LogP contribution in [-0.4, -0.2) is 62.2 Å². The van der Waals surface area contributed by atoms with Gasteiger partial charge >= 0.3 is 0 Å². The van der Waals surface area contributed by atoms with Crippen molar-refractivity contribution in [2.45, 2.75) is 38.8 Å². The summed E-state index contributed by atoms with van der Waals surface area (Å²) in [6.45, 7) is 5.03. The first-order valence-electron chi connectivity index (χ1n) is 7.71. The van der Waals surface area contributed by atoms with Gasteiger partial charge in [0.2, 0.25) is 11.8 Å². The van der Waals surface area contributed by atoms with Crippen molar-refractivity contribution in [3.05, 3.63) is 18.0 Å². The van der Waals surface area contributed by atoms with Crippen molar-refractivity contribution in [3.63, 3.8) is 0 Å². The minimum atomic E-state index is -0.291. The fourth-order valence-electron chi connectivity index (χ4n) is 3.17. The van der Waals surface area contributed by atoms with E-state index in [4.69, 9.17) is 0 Å². The number of hydrogen-bond donors (Lipinski definition) is 0. The van der Waals surface area contributed by atoms with Crippen molar-refractivity contribution in [1.82, 2.24) is 19.6 Å². The summed E-state index contributed by atoms with van der Waals surface area (Å²) < 4.78 is 1.97. The minimum Gasteiger partial charge on any atom is -0.339 e. The number of piperidine rings is 1. The molecule has 0 bridgehead atoms. The Morgan fingerprint density at radius 2 is 2.23 bits per heavy atom. The van der Waals surface area contributed by atoms with Crippen LogP contribution in [0.5, 0.6) is 0 Å². The lowest BCUT2D eigenvalue weighted by molar-refractivity contribution is -0.143. The number of rotatable bonds is 2. The van der Waals surface area contributed by atoms with Crippen LogP contribution in [-0.2, 0) is 9.59 Å². The van der Waals surface area contributed by atoms with E-state index in [-0.39, 0.29) is 23.9 Å². The van der Waals surface area contributed by atoms with Crippen LogP contribution in [0.4, 0.5) is 0 Å². The van der Waals surface area contributed by atoms with Crippen molar-refractivity contribution in [2.75, 3.05) is 24.7 Å². The lowest BCUT2D eigenvalue weighted by Crippen LogP contribution is -2.51. The molecule has 2 fully saturated rings. The van der Waals surface area contributed by atoms with Crippen molar-refractivity contribution < 1.29 is 9.59 Å². The second kappa shape index (κ2) is 6.32. The third-order valence-corrected chi connectivity index (χ3v) is 5.40. The third-order valence-electron chi connectivity index (χ3n) is 4.38. The first-order chi connectivity index (χ1) is 10.6. The minimum absolute atomic E-state index is 0.0142. The summed E-state index contributed by atoms with van der Waals surface area (Å²) in [7, 11) is 0. The number of nitrogens with zero attached hydrogens (tertiary/aromatic N) is 4. The van der Waals surface area contributed by atoms with E-state index in [9.17, 15) is 9.59 Å². The smallest absolute Gasteiger partial charge is 0.246 e. The van der Waals surface area contributed by atoms with Gasteiger partial charge in [-0.15, -0.1) is 11.8 Å². The van der Waals surface area contributed by atoms with Gasteiger partial charge in [-0.1, -0.05) is 0 Å². The lowest BCUT2D eigenvalue weighted by Gasteiger charge is -2.35. The zero-order valence-electron chi connectivity index (χ0n) is 13.1. The Hall–Kier alpha value is -1.50. The zero-order chi connectivity index (χ0) is 15.7. The van der Waals surface area contributed by atoms with Gasteiger partial charge in [-0.2, -0.15) is 5.10 Å². The SMILES string of the molecule is CC(=O)N1CSC[C@H]1C(=O)N1CCC[C@H](n2cc(C)cn2)C1. The van der Waals surface area contributed by atoms with Gasteiger partial charge in [0.05, 0.1) is 18.1 Å². The van der Waals surface area contributed by atoms with Gasteiger partial charge in [-0.3, -0.25) is 14.3 Å². The summed E-state index contributed by atoms with van der Waals surface area (Å²) >= 11 is 1.65. The first-order valence-corrected chi connectivity index (χ1v) is 8.86. The molecule has 0 aromatic carbocycles. The van der Waals surface area contributed by atoms with Gasteiger partial charge in [0.15, 0.2) is 0 Å². The standard InChI is InChI=1S/C15H22N4O2S/c1-11-6-16-19(7-11)13-4-3-5-17(8-13)15(21)14-9-22-10-18(14)12(2)20/h6-7,13-14H,3-5,8-10H2,1-2H3/t13-,14-/m0/s1. The summed E-state index contributed by atoms with van der Waals surface area (Å²) in [6, 6.07) is -0.0492. The van der Waals surface area contributed by atoms with E-state index in [1.54, 1.807) is 16.7 Å². The molecular formula is C15H22N4O2S. The number of hydrogen-bond acceptors (Lipinski definition) is 4. The third kappa shape index (κ3) is 2.99. The van der Waals surface area contributed by atoms with Crippen LogP contribution in [0.1, 0.15) is 31.4 Å². The Morgan fingerprint density at radius 3 is 2.91 bits per heavy atom. The number of aromatic nitrogens is 2. The Morgan fingerprint density at radius 1 is 1.41 bits per heavy atom. The molecule has 3 heterocycles. The highest BCUT2D eigenvalue weighted by Gasteiger charge is 2.37. The van der Waals surface area contributed by atoms with Crippen molar-refractivity contribution in [1.29, 1.82) is 0 Å². The predicted molar refractivity (Wildman–Crippen MR) is 85.4 cm³/mol. The highest BCUT2D eigenvalue weighted by atomic mass is 32.2. The maximum Gasteiger partial charge on any atom is 0.246 e. The van der Waals surface area contributed by atoms with Crippen LogP contribution in [0.2, 0.25) is 0 Å². The van der Waals surface area contributed by atoms with Gasteiger partial charge in [0, 0.05) is 32.0 Å². The Balaban J connectivity index is 1.69. The summed E-state index contributed by atoms with van der Waals surface area (Å²) in [4.78, 5) is 28.0. The van der Waals surface area contributed by atoms with E-state index in [1.807, 2.05) is 28.9 Å². The number of carbonyl (C=O) groups is 2. The zero-order valence-corrected chi connectivity index (χ0v) is 13.9. The number of aryl methyl sites for hydroxylation is 1. The maximum absolute atomic E-state index is 12.8. The van der Waals surface area contributed by atoms with E-state index in [0.717, 1.165) is 24.9 Å². The molecule has 2 atom stereocenters. The molecular weight excluding hydrogens is 300 g/mol. The first kappa shape index (κ1) is 15.4. The summed E-state index contributed by atoms with van der Waals surface area (Å²) in [5, 5.41) is 4.38. The normalized spacial score (nSPS) is 25.5. The average Bonchev–Trinajstić information content (AvgIpc) is 3.15. The highest BCUT2D eigenvalue weighted by Crippen LogP contribution is 2.26. The molecule has 0 saturated carbocycles. The molecule has 6 nitrogen and oxygen atoms in total. The molecule has 0 N–H and O–H groups in total. The molecule has 0 unspecified atom stereocenters. The molecule has 2 saturated heterocycles. The fraction of sp³-hybridized carbons (Fsp3) is 0.667. The van der Waals surface area contributed by atoms with Crippen LogP contribution in [0, 0.1) is 6.92 Å². The molecule has 2 aliphatic heterocycles. The van der Waals surface area contributed by atoms with E-state index < -0.39 is 0 Å². The van der Waals surface area contributed by atoms with Gasteiger partial charge in [-0.25, -0.2) is 0 Å². The summed E-state index contributed by atoms with van der Waals surface area (Å²) in [6.07, 6.45) is 5.91. The fourth-order valence-corrected chi connectivity index (χ4v) is 4.38. The average molecular weight is 322 g/mol. The van der Waals surface area contributed by atoms with Crippen molar-refractivity contribution in [3.8, 4) is 0 Å². The van der Waals surface area contributed by atoms with E-state index in [0.29, 0.717) is 18.2 Å². The van der Waals surface area contributed by atoms with Crippen molar-refractivity contribution in [2.24, 2.45) is 0 Å². The molecule has 120 valence electrons. The number of likely N-dealkylation sites (tertiary alicyclic amines) is 1. The summed E-state index contributed by atoms with van der Waals surface area (Å²) in [5.74, 6) is 1.41. The monoisotopic (exact) mass is 322 g/mol. The molecule has 1 aromatic heterocycles. The van der Waals surface area contributed by atoms with Gasteiger partial charge in [0.25, 0.3) is 0 Å². The number of amides is 2. The van der Waals surface area contributed by atoms with Crippen molar-refractivity contribution >= 4 is 23.6 Å².